The van der Waals surface area contributed by atoms with E-state index in [1.54, 1.807) is 32.0 Å². The van der Waals surface area contributed by atoms with Gasteiger partial charge in [-0.1, -0.05) is 12.1 Å². The lowest BCUT2D eigenvalue weighted by Gasteiger charge is -2.22. The Balaban J connectivity index is 1.98. The van der Waals surface area contributed by atoms with Gasteiger partial charge in [-0.15, -0.1) is 11.3 Å². The van der Waals surface area contributed by atoms with Crippen molar-refractivity contribution in [3.63, 3.8) is 0 Å². The molecule has 0 aliphatic rings. The number of benzene rings is 1. The molecule has 1 aromatic carbocycles. The maximum absolute atomic E-state index is 11.9. The van der Waals surface area contributed by atoms with Gasteiger partial charge in [0.15, 0.2) is 0 Å². The second kappa shape index (κ2) is 6.76. The van der Waals surface area contributed by atoms with Gasteiger partial charge in [0.05, 0.1) is 11.5 Å². The number of thiophene rings is 1. The van der Waals surface area contributed by atoms with Gasteiger partial charge >= 0.3 is 6.03 Å². The lowest BCUT2D eigenvalue weighted by Crippen LogP contribution is -2.40. The predicted molar refractivity (Wildman–Crippen MR) is 88.7 cm³/mol. The summed E-state index contributed by atoms with van der Waals surface area (Å²) in [7, 11) is 0. The minimum atomic E-state index is -1.18. The number of urea groups is 1. The number of aliphatic hydroxyl groups is 1. The predicted octanol–water partition coefficient (Wildman–Crippen LogP) is 2.99. The highest BCUT2D eigenvalue weighted by molar-refractivity contribution is 7.10. The molecule has 1 aromatic heterocycles. The SMILES string of the molecule is Cc1ccc(NC(=O)NCC(C)(O)c2cccs2)cc1[N+](=O)[O-]. The summed E-state index contributed by atoms with van der Waals surface area (Å²) in [6.07, 6.45) is 0. The van der Waals surface area contributed by atoms with Gasteiger partial charge < -0.3 is 15.7 Å². The lowest BCUT2D eigenvalue weighted by molar-refractivity contribution is -0.385. The van der Waals surface area contributed by atoms with Crippen molar-refractivity contribution >= 4 is 28.7 Å². The third kappa shape index (κ3) is 4.27. The van der Waals surface area contributed by atoms with Gasteiger partial charge in [-0.3, -0.25) is 10.1 Å². The largest absolute Gasteiger partial charge is 0.383 e. The van der Waals surface area contributed by atoms with Crippen molar-refractivity contribution in [2.75, 3.05) is 11.9 Å². The highest BCUT2D eigenvalue weighted by Crippen LogP contribution is 2.25. The van der Waals surface area contributed by atoms with E-state index in [0.717, 1.165) is 4.88 Å². The topological polar surface area (TPSA) is 104 Å². The van der Waals surface area contributed by atoms with Gasteiger partial charge in [-0.05, 0) is 31.4 Å². The second-order valence-corrected chi connectivity index (χ2v) is 6.26. The van der Waals surface area contributed by atoms with Crippen LogP contribution in [0.2, 0.25) is 0 Å². The van der Waals surface area contributed by atoms with E-state index in [1.165, 1.54) is 17.4 Å². The summed E-state index contributed by atoms with van der Waals surface area (Å²) in [6.45, 7) is 3.25. The Morgan fingerprint density at radius 3 is 2.78 bits per heavy atom. The Morgan fingerprint density at radius 2 is 2.17 bits per heavy atom. The molecule has 0 radical (unpaired) electrons. The molecule has 2 amide bonds. The summed E-state index contributed by atoms with van der Waals surface area (Å²) in [6, 6.07) is 7.51. The zero-order valence-electron chi connectivity index (χ0n) is 12.7. The van der Waals surface area contributed by atoms with E-state index in [0.29, 0.717) is 11.3 Å². The molecule has 1 unspecified atom stereocenters. The van der Waals surface area contributed by atoms with Crippen LogP contribution < -0.4 is 10.6 Å². The van der Waals surface area contributed by atoms with Gasteiger partial charge in [0, 0.05) is 22.2 Å². The number of rotatable bonds is 5. The molecule has 0 saturated heterocycles. The highest BCUT2D eigenvalue weighted by atomic mass is 32.1. The fraction of sp³-hybridized carbons (Fsp3) is 0.267. The number of nitro groups is 1. The monoisotopic (exact) mass is 335 g/mol. The van der Waals surface area contributed by atoms with E-state index in [1.807, 2.05) is 11.4 Å². The van der Waals surface area contributed by atoms with Crippen molar-refractivity contribution in [1.82, 2.24) is 5.32 Å². The Morgan fingerprint density at radius 1 is 1.43 bits per heavy atom. The molecule has 7 nitrogen and oxygen atoms in total. The number of hydrogen-bond donors (Lipinski definition) is 3. The summed E-state index contributed by atoms with van der Waals surface area (Å²) in [5.74, 6) is 0. The number of amides is 2. The van der Waals surface area contributed by atoms with Crippen LogP contribution in [0.25, 0.3) is 0 Å². The molecule has 2 rings (SSSR count). The first-order chi connectivity index (χ1) is 10.8. The smallest absolute Gasteiger partial charge is 0.319 e. The minimum Gasteiger partial charge on any atom is -0.383 e. The van der Waals surface area contributed by atoms with Crippen molar-refractivity contribution in [3.8, 4) is 0 Å². The first-order valence-electron chi connectivity index (χ1n) is 6.86. The molecule has 0 fully saturated rings. The zero-order chi connectivity index (χ0) is 17.0. The van der Waals surface area contributed by atoms with Gasteiger partial charge in [0.2, 0.25) is 0 Å². The van der Waals surface area contributed by atoms with Gasteiger partial charge in [-0.25, -0.2) is 4.79 Å². The van der Waals surface area contributed by atoms with E-state index < -0.39 is 16.6 Å². The van der Waals surface area contributed by atoms with Crippen molar-refractivity contribution < 1.29 is 14.8 Å². The van der Waals surface area contributed by atoms with E-state index in [2.05, 4.69) is 10.6 Å². The van der Waals surface area contributed by atoms with Crippen LogP contribution in [-0.4, -0.2) is 22.6 Å². The zero-order valence-corrected chi connectivity index (χ0v) is 13.5. The number of aryl methyl sites for hydroxylation is 1. The second-order valence-electron chi connectivity index (χ2n) is 5.32. The number of carbonyl (C=O) groups is 1. The van der Waals surface area contributed by atoms with Crippen LogP contribution in [0.1, 0.15) is 17.4 Å². The van der Waals surface area contributed by atoms with Gasteiger partial charge in [-0.2, -0.15) is 0 Å². The Hall–Kier alpha value is -2.45. The maximum atomic E-state index is 11.9. The molecule has 23 heavy (non-hydrogen) atoms. The third-order valence-electron chi connectivity index (χ3n) is 3.31. The molecular weight excluding hydrogens is 318 g/mol. The number of nitrogens with zero attached hydrogens (tertiary/aromatic N) is 1. The maximum Gasteiger partial charge on any atom is 0.319 e. The van der Waals surface area contributed by atoms with Crippen LogP contribution in [-0.2, 0) is 5.60 Å². The van der Waals surface area contributed by atoms with Crippen LogP contribution in [0.3, 0.4) is 0 Å². The molecule has 0 saturated carbocycles. The van der Waals surface area contributed by atoms with Crippen LogP contribution in [0.15, 0.2) is 35.7 Å². The van der Waals surface area contributed by atoms with Crippen molar-refractivity contribution in [3.05, 3.63) is 56.3 Å². The molecule has 0 aliphatic heterocycles. The van der Waals surface area contributed by atoms with Gasteiger partial charge in [0.1, 0.15) is 5.60 Å². The fourth-order valence-electron chi connectivity index (χ4n) is 1.98. The molecule has 0 bridgehead atoms. The summed E-state index contributed by atoms with van der Waals surface area (Å²) >= 11 is 1.40. The molecule has 2 aromatic rings. The van der Waals surface area contributed by atoms with Crippen LogP contribution in [0, 0.1) is 17.0 Å². The summed E-state index contributed by atoms with van der Waals surface area (Å²) in [5, 5.41) is 28.1. The molecule has 1 heterocycles. The molecule has 8 heteroatoms. The Kier molecular flexibility index (Phi) is 4.97. The number of nitro benzene ring substituents is 1. The van der Waals surface area contributed by atoms with Crippen molar-refractivity contribution in [1.29, 1.82) is 0 Å². The average Bonchev–Trinajstić information content (AvgIpc) is 3.02. The summed E-state index contributed by atoms with van der Waals surface area (Å²) in [5.41, 5.74) is -0.407. The molecule has 0 spiro atoms. The molecular formula is C15H17N3O4S. The Labute approximate surface area is 137 Å². The molecule has 1 atom stereocenters. The van der Waals surface area contributed by atoms with Crippen molar-refractivity contribution in [2.45, 2.75) is 19.4 Å². The standard InChI is InChI=1S/C15H17N3O4S/c1-10-5-6-11(8-12(10)18(21)22)17-14(19)16-9-15(2,20)13-4-3-7-23-13/h3-8,20H,9H2,1-2H3,(H2,16,17,19). The fourth-order valence-corrected chi connectivity index (χ4v) is 2.77. The Bertz CT molecular complexity index is 714. The number of nitrogens with one attached hydrogen (secondary N) is 2. The van der Waals surface area contributed by atoms with E-state index in [4.69, 9.17) is 0 Å². The third-order valence-corrected chi connectivity index (χ3v) is 4.43. The molecule has 122 valence electrons. The average molecular weight is 335 g/mol. The number of hydrogen-bond acceptors (Lipinski definition) is 5. The highest BCUT2D eigenvalue weighted by Gasteiger charge is 2.25. The van der Waals surface area contributed by atoms with Crippen LogP contribution >= 0.6 is 11.3 Å². The van der Waals surface area contributed by atoms with E-state index in [9.17, 15) is 20.0 Å². The van der Waals surface area contributed by atoms with Crippen molar-refractivity contribution in [2.24, 2.45) is 0 Å². The van der Waals surface area contributed by atoms with Gasteiger partial charge in [0.25, 0.3) is 5.69 Å². The molecule has 3 N–H and O–H groups in total. The normalized spacial score (nSPS) is 13.2. The minimum absolute atomic E-state index is 0.0211. The quantitative estimate of drug-likeness (QED) is 0.577. The first-order valence-corrected chi connectivity index (χ1v) is 7.74. The van der Waals surface area contributed by atoms with E-state index in [-0.39, 0.29) is 12.2 Å². The summed E-state index contributed by atoms with van der Waals surface area (Å²) in [4.78, 5) is 23.0. The molecule has 0 aliphatic carbocycles. The van der Waals surface area contributed by atoms with Crippen LogP contribution in [0.4, 0.5) is 16.2 Å². The van der Waals surface area contributed by atoms with Crippen LogP contribution in [0.5, 0.6) is 0 Å². The first kappa shape index (κ1) is 16.9. The lowest BCUT2D eigenvalue weighted by atomic mass is 10.1. The van der Waals surface area contributed by atoms with E-state index >= 15 is 0 Å². The number of carbonyl (C=O) groups excluding carboxylic acids is 1. The summed E-state index contributed by atoms with van der Waals surface area (Å²) < 4.78 is 0. The number of anilines is 1.